The lowest BCUT2D eigenvalue weighted by atomic mass is 10.5. The maximum Gasteiger partial charge on any atom is 0.409 e. The fourth-order valence-corrected chi connectivity index (χ4v) is 2.58. The molecule has 0 rings (SSSR count). The van der Waals surface area contributed by atoms with Crippen LogP contribution in [0, 0.1) is 0 Å². The highest BCUT2D eigenvalue weighted by Crippen LogP contribution is 2.15. The summed E-state index contributed by atoms with van der Waals surface area (Å²) in [4.78, 5) is 0. The molecule has 0 bridgehead atoms. The fourth-order valence-electron chi connectivity index (χ4n) is 0.744. The van der Waals surface area contributed by atoms with Crippen LogP contribution in [0.25, 0.3) is 0 Å². The van der Waals surface area contributed by atoms with Gasteiger partial charge in [0.25, 0.3) is 0 Å². The van der Waals surface area contributed by atoms with Crippen molar-refractivity contribution in [3.05, 3.63) is 12.2 Å². The van der Waals surface area contributed by atoms with Crippen LogP contribution in [-0.2, 0) is 20.4 Å². The maximum atomic E-state index is 11.8. The minimum Gasteiger partial charge on any atom is -0.317 e. The predicted octanol–water partition coefficient (Wildman–Crippen LogP) is 0.854. The van der Waals surface area contributed by atoms with Gasteiger partial charge < -0.3 is 5.32 Å². The Labute approximate surface area is 115 Å². The van der Waals surface area contributed by atoms with E-state index in [1.807, 2.05) is 0 Å². The molecule has 0 aromatic heterocycles. The molecular formula is C8H16F4N2O4S2. The van der Waals surface area contributed by atoms with E-state index < -0.39 is 38.4 Å². The number of allylic oxidation sites excluding steroid dienone is 1. The molecule has 0 unspecified atom stereocenters. The van der Waals surface area contributed by atoms with Crippen molar-refractivity contribution in [3.63, 3.8) is 0 Å². The van der Waals surface area contributed by atoms with Crippen molar-refractivity contribution in [2.75, 3.05) is 18.8 Å². The Morgan fingerprint density at radius 3 is 1.75 bits per heavy atom. The van der Waals surface area contributed by atoms with Gasteiger partial charge in [-0.1, -0.05) is 27.9 Å². The molecule has 0 aliphatic carbocycles. The summed E-state index contributed by atoms with van der Waals surface area (Å²) in [6, 6.07) is 0. The predicted molar refractivity (Wildman–Crippen MR) is 66.4 cm³/mol. The monoisotopic (exact) mass is 344 g/mol. The van der Waals surface area contributed by atoms with Crippen molar-refractivity contribution in [2.24, 2.45) is 0 Å². The maximum absolute atomic E-state index is 11.8. The van der Waals surface area contributed by atoms with Gasteiger partial charge in [-0.25, -0.2) is 8.42 Å². The second-order valence-electron chi connectivity index (χ2n) is 3.20. The number of hydrogen-bond donors (Lipinski definition) is 2. The second kappa shape index (κ2) is 9.26. The Hall–Kier alpha value is -0.720. The van der Waals surface area contributed by atoms with Gasteiger partial charge in [0.05, 0.1) is 5.75 Å². The molecule has 0 radical (unpaired) electrons. The van der Waals surface area contributed by atoms with E-state index in [2.05, 4.69) is 19.2 Å². The minimum absolute atomic E-state index is 0.146. The molecule has 12 heteroatoms. The van der Waals surface area contributed by atoms with E-state index in [0.717, 1.165) is 13.1 Å². The van der Waals surface area contributed by atoms with Crippen LogP contribution in [0.15, 0.2) is 12.2 Å². The zero-order valence-electron chi connectivity index (χ0n) is 10.7. The van der Waals surface area contributed by atoms with Gasteiger partial charge in [0.2, 0.25) is 10.0 Å². The van der Waals surface area contributed by atoms with E-state index in [9.17, 15) is 33.9 Å². The Morgan fingerprint density at radius 1 is 1.05 bits per heavy atom. The molecule has 0 atom stereocenters. The zero-order chi connectivity index (χ0) is 16.4. The molecular weight excluding hydrogens is 328 g/mol. The molecule has 0 amide bonds. The zero-order valence-corrected chi connectivity index (χ0v) is 12.4. The Bertz CT molecular complexity index is 483. The Morgan fingerprint density at radius 2 is 1.50 bits per heavy atom. The molecule has 0 aliphatic heterocycles. The molecule has 0 aliphatic rings. The summed E-state index contributed by atoms with van der Waals surface area (Å²) >= 11 is 0. The van der Waals surface area contributed by atoms with Crippen LogP contribution in [0.3, 0.4) is 0 Å². The number of nitrogens with one attached hydrogen (secondary N) is 2. The van der Waals surface area contributed by atoms with Crippen LogP contribution >= 0.6 is 0 Å². The summed E-state index contributed by atoms with van der Waals surface area (Å²) in [5, 5.41) is 3.11. The van der Waals surface area contributed by atoms with Gasteiger partial charge in [-0.15, -0.1) is 0 Å². The van der Waals surface area contributed by atoms with Crippen molar-refractivity contribution in [1.29, 1.82) is 0 Å². The lowest BCUT2D eigenvalue weighted by Gasteiger charge is -1.99. The minimum atomic E-state index is -5.50. The summed E-state index contributed by atoms with van der Waals surface area (Å²) in [5.74, 6) is -1.30. The van der Waals surface area contributed by atoms with E-state index in [-0.39, 0.29) is 6.08 Å². The Balaban J connectivity index is 0. The van der Waals surface area contributed by atoms with Crippen LogP contribution in [0.4, 0.5) is 17.1 Å². The number of halogens is 4. The largest absolute Gasteiger partial charge is 0.409 e. The first-order valence-corrected chi connectivity index (χ1v) is 8.27. The summed E-state index contributed by atoms with van der Waals surface area (Å²) in [7, 11) is -10.2. The molecule has 0 saturated heterocycles. The van der Waals surface area contributed by atoms with Crippen molar-refractivity contribution >= 4 is 20.4 Å². The molecule has 122 valence electrons. The van der Waals surface area contributed by atoms with Gasteiger partial charge in [-0.05, 0) is 13.1 Å². The quantitative estimate of drug-likeness (QED) is 0.423. The fraction of sp³-hybridized carbons (Fsp3) is 0.750. The molecule has 20 heavy (non-hydrogen) atoms. The standard InChI is InChI=1S/C4H5F4NO4S2.C4H11N/c5-4(6,7)2-1-3-14(10,11)9-15(8,12)13;1-3-5-4-2/h1-2,9H,3H2;5H,3-4H2,1-2H3. The molecule has 0 saturated carbocycles. The van der Waals surface area contributed by atoms with Crippen LogP contribution in [0.2, 0.25) is 0 Å². The highest BCUT2D eigenvalue weighted by atomic mass is 32.3. The van der Waals surface area contributed by atoms with Gasteiger partial charge in [0.15, 0.2) is 0 Å². The van der Waals surface area contributed by atoms with E-state index in [1.165, 1.54) is 0 Å². The smallest absolute Gasteiger partial charge is 0.317 e. The number of sulfonamides is 1. The average molecular weight is 344 g/mol. The highest BCUT2D eigenvalue weighted by molar-refractivity contribution is 8.02. The van der Waals surface area contributed by atoms with Crippen molar-refractivity contribution in [1.82, 2.24) is 9.44 Å². The highest BCUT2D eigenvalue weighted by Gasteiger charge is 2.23. The van der Waals surface area contributed by atoms with Gasteiger partial charge in [0, 0.05) is 6.08 Å². The van der Waals surface area contributed by atoms with Crippen molar-refractivity contribution < 1.29 is 33.9 Å². The van der Waals surface area contributed by atoms with Gasteiger partial charge >= 0.3 is 16.6 Å². The van der Waals surface area contributed by atoms with E-state index >= 15 is 0 Å². The first-order chi connectivity index (χ1) is 8.83. The summed E-state index contributed by atoms with van der Waals surface area (Å²) in [5.41, 5.74) is 0. The van der Waals surface area contributed by atoms with Crippen molar-refractivity contribution in [2.45, 2.75) is 20.0 Å². The molecule has 0 spiro atoms. The molecule has 0 aromatic carbocycles. The summed E-state index contributed by atoms with van der Waals surface area (Å²) in [6.07, 6.45) is -4.98. The van der Waals surface area contributed by atoms with Gasteiger partial charge in [0.1, 0.15) is 0 Å². The van der Waals surface area contributed by atoms with Gasteiger partial charge in [-0.2, -0.15) is 21.6 Å². The molecule has 0 aromatic rings. The van der Waals surface area contributed by atoms with E-state index in [0.29, 0.717) is 4.13 Å². The summed E-state index contributed by atoms with van der Waals surface area (Å²) in [6.45, 7) is 6.39. The topological polar surface area (TPSA) is 92.3 Å². The molecule has 2 N–H and O–H groups in total. The van der Waals surface area contributed by atoms with Crippen LogP contribution in [0.5, 0.6) is 0 Å². The average Bonchev–Trinajstić information content (AvgIpc) is 2.12. The summed E-state index contributed by atoms with van der Waals surface area (Å²) < 4.78 is 87.5. The first kappa shape index (κ1) is 21.6. The van der Waals surface area contributed by atoms with Gasteiger partial charge in [-0.3, -0.25) is 0 Å². The first-order valence-electron chi connectivity index (χ1n) is 5.24. The van der Waals surface area contributed by atoms with Crippen LogP contribution in [-0.4, -0.2) is 41.9 Å². The number of alkyl halides is 3. The second-order valence-corrected chi connectivity index (χ2v) is 6.31. The third-order valence-electron chi connectivity index (χ3n) is 1.35. The molecule has 0 fully saturated rings. The van der Waals surface area contributed by atoms with Crippen LogP contribution < -0.4 is 9.44 Å². The third kappa shape index (κ3) is 19.6. The van der Waals surface area contributed by atoms with Crippen molar-refractivity contribution in [3.8, 4) is 0 Å². The van der Waals surface area contributed by atoms with E-state index in [4.69, 9.17) is 0 Å². The lowest BCUT2D eigenvalue weighted by molar-refractivity contribution is -0.0799. The van der Waals surface area contributed by atoms with Crippen LogP contribution in [0.1, 0.15) is 13.8 Å². The number of hydrogen-bond acceptors (Lipinski definition) is 5. The van der Waals surface area contributed by atoms with E-state index in [1.54, 1.807) is 0 Å². The molecule has 0 heterocycles. The Kier molecular flexibility index (Phi) is 9.99. The number of rotatable bonds is 6. The normalized spacial score (nSPS) is 13.1. The SMILES string of the molecule is CCNCC.O=S(=O)(F)NS(=O)(=O)CC=CC(F)(F)F. The third-order valence-corrected chi connectivity index (χ3v) is 3.79. The lowest BCUT2D eigenvalue weighted by Crippen LogP contribution is -2.29. The molecule has 6 nitrogen and oxygen atoms in total.